The molecule has 1 heterocycles. The predicted molar refractivity (Wildman–Crippen MR) is 66.9 cm³/mol. The van der Waals surface area contributed by atoms with Gasteiger partial charge in [0.15, 0.2) is 0 Å². The minimum absolute atomic E-state index is 0.273. The van der Waals surface area contributed by atoms with Crippen LogP contribution in [0, 0.1) is 0 Å². The minimum Gasteiger partial charge on any atom is -0.368 e. The number of Topliss-reactive ketones (excluding diaryl/α,β-unsaturated/α-hetero) is 1. The van der Waals surface area contributed by atoms with Gasteiger partial charge in [-0.05, 0) is 38.3 Å². The van der Waals surface area contributed by atoms with Gasteiger partial charge in [-0.25, -0.2) is 0 Å². The largest absolute Gasteiger partial charge is 0.368 e. The van der Waals surface area contributed by atoms with E-state index in [1.54, 1.807) is 6.92 Å². The van der Waals surface area contributed by atoms with Crippen LogP contribution in [0.25, 0.3) is 0 Å². The Morgan fingerprint density at radius 2 is 2.19 bits per heavy atom. The summed E-state index contributed by atoms with van der Waals surface area (Å²) in [5, 5.41) is 0. The lowest BCUT2D eigenvalue weighted by molar-refractivity contribution is -0.116. The van der Waals surface area contributed by atoms with Gasteiger partial charge in [-0.3, -0.25) is 4.79 Å². The lowest BCUT2D eigenvalue weighted by Gasteiger charge is -2.37. The summed E-state index contributed by atoms with van der Waals surface area (Å²) in [7, 11) is 0. The molecule has 16 heavy (non-hydrogen) atoms. The Kier molecular flexibility index (Phi) is 3.28. The van der Waals surface area contributed by atoms with Crippen LogP contribution >= 0.6 is 0 Å². The molecule has 0 saturated heterocycles. The molecule has 86 valence electrons. The fraction of sp³-hybridized carbons (Fsp3) is 0.500. The highest BCUT2D eigenvalue weighted by molar-refractivity contribution is 5.76. The molecule has 0 saturated carbocycles. The number of carbonyl (C=O) groups excluding carboxylic acids is 1. The Bertz CT molecular complexity index is 386. The summed E-state index contributed by atoms with van der Waals surface area (Å²) in [5.74, 6) is 0.273. The van der Waals surface area contributed by atoms with Crippen LogP contribution in [0.1, 0.15) is 32.3 Å². The molecule has 2 rings (SSSR count). The first-order chi connectivity index (χ1) is 7.68. The molecule has 0 bridgehead atoms. The number of aryl methyl sites for hydroxylation is 1. The van der Waals surface area contributed by atoms with E-state index in [0.29, 0.717) is 12.5 Å². The quantitative estimate of drug-likeness (QED) is 0.776. The zero-order valence-electron chi connectivity index (χ0n) is 10.1. The third kappa shape index (κ3) is 2.26. The Balaban J connectivity index is 2.19. The Morgan fingerprint density at radius 1 is 1.44 bits per heavy atom. The molecule has 0 radical (unpaired) electrons. The van der Waals surface area contributed by atoms with Crippen molar-refractivity contribution < 1.29 is 4.79 Å². The van der Waals surface area contributed by atoms with Gasteiger partial charge < -0.3 is 4.90 Å². The Hall–Kier alpha value is -1.31. The van der Waals surface area contributed by atoms with Crippen LogP contribution in [0.15, 0.2) is 24.3 Å². The normalized spacial score (nSPS) is 19.4. The summed E-state index contributed by atoms with van der Waals surface area (Å²) >= 11 is 0. The van der Waals surface area contributed by atoms with Gasteiger partial charge >= 0.3 is 0 Å². The minimum atomic E-state index is 0.273. The topological polar surface area (TPSA) is 20.3 Å². The number of hydrogen-bond donors (Lipinski definition) is 0. The van der Waals surface area contributed by atoms with E-state index in [-0.39, 0.29) is 5.78 Å². The van der Waals surface area contributed by atoms with Gasteiger partial charge in [0.05, 0.1) is 0 Å². The van der Waals surface area contributed by atoms with Crippen molar-refractivity contribution in [3.8, 4) is 0 Å². The first-order valence-corrected chi connectivity index (χ1v) is 6.02. The summed E-state index contributed by atoms with van der Waals surface area (Å²) in [5.41, 5.74) is 2.74. The molecule has 1 aromatic rings. The van der Waals surface area contributed by atoms with Crippen LogP contribution < -0.4 is 4.90 Å². The molecule has 1 aliphatic heterocycles. The number of para-hydroxylation sites is 1. The molecule has 1 unspecified atom stereocenters. The maximum absolute atomic E-state index is 11.1. The molecule has 1 atom stereocenters. The maximum Gasteiger partial charge on any atom is 0.131 e. The molecule has 0 amide bonds. The van der Waals surface area contributed by atoms with E-state index in [2.05, 4.69) is 36.1 Å². The second-order valence-corrected chi connectivity index (χ2v) is 4.66. The molecule has 0 fully saturated rings. The van der Waals surface area contributed by atoms with Crippen molar-refractivity contribution in [1.82, 2.24) is 0 Å². The van der Waals surface area contributed by atoms with Gasteiger partial charge in [-0.1, -0.05) is 18.2 Å². The van der Waals surface area contributed by atoms with Crippen molar-refractivity contribution in [2.24, 2.45) is 0 Å². The van der Waals surface area contributed by atoms with E-state index in [1.807, 2.05) is 0 Å². The standard InChI is InChI=1S/C14H19NO/c1-11-7-8-13-5-3-4-6-14(13)15(11)10-9-12(2)16/h3-6,11H,7-10H2,1-2H3. The molecule has 1 aromatic carbocycles. The number of hydrogen-bond acceptors (Lipinski definition) is 2. The number of carbonyl (C=O) groups is 1. The van der Waals surface area contributed by atoms with Crippen molar-refractivity contribution >= 4 is 11.5 Å². The summed E-state index contributed by atoms with van der Waals surface area (Å²) in [6.07, 6.45) is 3.00. The lowest BCUT2D eigenvalue weighted by Crippen LogP contribution is -2.38. The summed E-state index contributed by atoms with van der Waals surface area (Å²) in [4.78, 5) is 13.5. The van der Waals surface area contributed by atoms with Crippen LogP contribution in [-0.2, 0) is 11.2 Å². The number of anilines is 1. The number of benzene rings is 1. The van der Waals surface area contributed by atoms with Crippen LogP contribution in [0.3, 0.4) is 0 Å². The molecule has 2 heteroatoms. The van der Waals surface area contributed by atoms with Crippen molar-refractivity contribution in [2.75, 3.05) is 11.4 Å². The van der Waals surface area contributed by atoms with E-state index in [0.717, 1.165) is 13.0 Å². The third-order valence-corrected chi connectivity index (χ3v) is 3.37. The summed E-state index contributed by atoms with van der Waals surface area (Å²) in [6, 6.07) is 9.09. The molecule has 0 N–H and O–H groups in total. The van der Waals surface area contributed by atoms with Gasteiger partial charge in [0.1, 0.15) is 5.78 Å². The first kappa shape index (κ1) is 11.2. The van der Waals surface area contributed by atoms with E-state index in [9.17, 15) is 4.79 Å². The zero-order valence-corrected chi connectivity index (χ0v) is 10.1. The number of fused-ring (bicyclic) bond motifs is 1. The Labute approximate surface area is 97.3 Å². The average Bonchev–Trinajstić information content (AvgIpc) is 2.27. The van der Waals surface area contributed by atoms with E-state index in [1.165, 1.54) is 17.7 Å². The van der Waals surface area contributed by atoms with Gasteiger partial charge in [-0.15, -0.1) is 0 Å². The highest BCUT2D eigenvalue weighted by atomic mass is 16.1. The zero-order chi connectivity index (χ0) is 11.5. The summed E-state index contributed by atoms with van der Waals surface area (Å²) in [6.45, 7) is 4.77. The number of nitrogens with zero attached hydrogens (tertiary/aromatic N) is 1. The second kappa shape index (κ2) is 4.69. The SMILES string of the molecule is CC(=O)CCN1c2ccccc2CCC1C. The van der Waals surface area contributed by atoms with Gasteiger partial charge in [0.25, 0.3) is 0 Å². The third-order valence-electron chi connectivity index (χ3n) is 3.37. The van der Waals surface area contributed by atoms with E-state index in [4.69, 9.17) is 0 Å². The molecular formula is C14H19NO. The Morgan fingerprint density at radius 3 is 2.94 bits per heavy atom. The van der Waals surface area contributed by atoms with E-state index >= 15 is 0 Å². The molecule has 0 aliphatic carbocycles. The number of rotatable bonds is 3. The highest BCUT2D eigenvalue weighted by Gasteiger charge is 2.22. The monoisotopic (exact) mass is 217 g/mol. The van der Waals surface area contributed by atoms with Crippen molar-refractivity contribution in [1.29, 1.82) is 0 Å². The van der Waals surface area contributed by atoms with Crippen molar-refractivity contribution in [3.63, 3.8) is 0 Å². The predicted octanol–water partition coefficient (Wildman–Crippen LogP) is 2.81. The summed E-state index contributed by atoms with van der Waals surface area (Å²) < 4.78 is 0. The van der Waals surface area contributed by atoms with Crippen LogP contribution in [-0.4, -0.2) is 18.4 Å². The highest BCUT2D eigenvalue weighted by Crippen LogP contribution is 2.30. The van der Waals surface area contributed by atoms with Gasteiger partial charge in [0, 0.05) is 24.7 Å². The molecular weight excluding hydrogens is 198 g/mol. The smallest absolute Gasteiger partial charge is 0.131 e. The first-order valence-electron chi connectivity index (χ1n) is 6.02. The van der Waals surface area contributed by atoms with Crippen LogP contribution in [0.2, 0.25) is 0 Å². The average molecular weight is 217 g/mol. The van der Waals surface area contributed by atoms with Crippen LogP contribution in [0.4, 0.5) is 5.69 Å². The van der Waals surface area contributed by atoms with Crippen molar-refractivity contribution in [3.05, 3.63) is 29.8 Å². The maximum atomic E-state index is 11.1. The van der Waals surface area contributed by atoms with E-state index < -0.39 is 0 Å². The fourth-order valence-electron chi connectivity index (χ4n) is 2.38. The molecule has 0 aromatic heterocycles. The molecule has 2 nitrogen and oxygen atoms in total. The van der Waals surface area contributed by atoms with Gasteiger partial charge in [-0.2, -0.15) is 0 Å². The number of ketones is 1. The molecule has 0 spiro atoms. The van der Waals surface area contributed by atoms with Gasteiger partial charge in [0.2, 0.25) is 0 Å². The second-order valence-electron chi connectivity index (χ2n) is 4.66. The molecule has 1 aliphatic rings. The van der Waals surface area contributed by atoms with Crippen molar-refractivity contribution in [2.45, 2.75) is 39.2 Å². The fourth-order valence-corrected chi connectivity index (χ4v) is 2.38. The lowest BCUT2D eigenvalue weighted by atomic mass is 9.96. The van der Waals surface area contributed by atoms with Crippen LogP contribution in [0.5, 0.6) is 0 Å².